The molecule has 2 heterocycles. The molecule has 1 aromatic carbocycles. The van der Waals surface area contributed by atoms with Crippen LogP contribution in [0.4, 0.5) is 0 Å². The zero-order chi connectivity index (χ0) is 13.9. The van der Waals surface area contributed by atoms with E-state index in [-0.39, 0.29) is 5.91 Å². The van der Waals surface area contributed by atoms with Crippen molar-refractivity contribution in [3.8, 4) is 0 Å². The molecule has 1 aliphatic heterocycles. The zero-order valence-corrected chi connectivity index (χ0v) is 11.9. The van der Waals surface area contributed by atoms with E-state index in [2.05, 4.69) is 16.8 Å². The second-order valence-electron chi connectivity index (χ2n) is 5.43. The number of hydrogen-bond donors (Lipinski definition) is 0. The average Bonchev–Trinajstić information content (AvgIpc) is 2.53. The molecule has 3 rings (SSSR count). The highest BCUT2D eigenvalue weighted by Crippen LogP contribution is 2.24. The van der Waals surface area contributed by atoms with Crippen LogP contribution in [-0.4, -0.2) is 28.4 Å². The molecule has 0 spiro atoms. The van der Waals surface area contributed by atoms with Crippen LogP contribution in [0.5, 0.6) is 0 Å². The largest absolute Gasteiger partial charge is 0.336 e. The second kappa shape index (κ2) is 5.61. The quantitative estimate of drug-likeness (QED) is 0.833. The number of carbonyl (C=O) groups excluding carboxylic acids is 1. The fourth-order valence-electron chi connectivity index (χ4n) is 3.13. The van der Waals surface area contributed by atoms with Crippen molar-refractivity contribution in [2.75, 3.05) is 6.54 Å². The summed E-state index contributed by atoms with van der Waals surface area (Å²) in [5, 5.41) is 0.959. The number of carbonyl (C=O) groups is 1. The van der Waals surface area contributed by atoms with Crippen LogP contribution in [0.3, 0.4) is 0 Å². The molecular formula is C17H20N2O. The van der Waals surface area contributed by atoms with Crippen molar-refractivity contribution in [3.63, 3.8) is 0 Å². The van der Waals surface area contributed by atoms with Crippen molar-refractivity contribution in [1.82, 2.24) is 9.88 Å². The van der Waals surface area contributed by atoms with E-state index in [9.17, 15) is 4.79 Å². The molecule has 0 radical (unpaired) electrons. The van der Waals surface area contributed by atoms with Gasteiger partial charge in [-0.1, -0.05) is 25.1 Å². The molecule has 0 saturated carbocycles. The minimum absolute atomic E-state index is 0.162. The maximum atomic E-state index is 12.9. The summed E-state index contributed by atoms with van der Waals surface area (Å²) in [4.78, 5) is 19.3. The summed E-state index contributed by atoms with van der Waals surface area (Å²) in [5.74, 6) is 0.162. The first-order chi connectivity index (χ1) is 9.81. The normalized spacial score (nSPS) is 19.2. The SMILES string of the molecule is CC[C@@H]1CCCCN1C(=O)c1ccnc2ccccc12. The molecule has 1 fully saturated rings. The number of nitrogens with zero attached hydrogens (tertiary/aromatic N) is 2. The minimum atomic E-state index is 0.162. The highest BCUT2D eigenvalue weighted by atomic mass is 16.2. The van der Waals surface area contributed by atoms with E-state index in [1.54, 1.807) is 6.20 Å². The van der Waals surface area contributed by atoms with E-state index in [1.807, 2.05) is 30.3 Å². The standard InChI is InChI=1S/C17H20N2O/c1-2-13-7-5-6-12-19(13)17(20)15-10-11-18-16-9-4-3-8-14(15)16/h3-4,8-11,13H,2,5-7,12H2,1H3/t13-/m1/s1. The van der Waals surface area contributed by atoms with E-state index >= 15 is 0 Å². The molecule has 1 aliphatic rings. The van der Waals surface area contributed by atoms with Gasteiger partial charge in [-0.3, -0.25) is 9.78 Å². The van der Waals surface area contributed by atoms with Crippen LogP contribution in [-0.2, 0) is 0 Å². The average molecular weight is 268 g/mol. The van der Waals surface area contributed by atoms with Gasteiger partial charge in [0, 0.05) is 24.2 Å². The van der Waals surface area contributed by atoms with Crippen LogP contribution < -0.4 is 0 Å². The molecule has 2 aromatic rings. The Kier molecular flexibility index (Phi) is 3.68. The van der Waals surface area contributed by atoms with Gasteiger partial charge >= 0.3 is 0 Å². The molecule has 1 saturated heterocycles. The number of rotatable bonds is 2. The van der Waals surface area contributed by atoms with Crippen molar-refractivity contribution < 1.29 is 4.79 Å². The highest BCUT2D eigenvalue weighted by Gasteiger charge is 2.27. The minimum Gasteiger partial charge on any atom is -0.336 e. The summed E-state index contributed by atoms with van der Waals surface area (Å²) in [6, 6.07) is 10.1. The van der Waals surface area contributed by atoms with Gasteiger partial charge in [0.05, 0.1) is 11.1 Å². The summed E-state index contributed by atoms with van der Waals surface area (Å²) in [5.41, 5.74) is 1.68. The third-order valence-corrected chi connectivity index (χ3v) is 4.24. The van der Waals surface area contributed by atoms with Crippen LogP contribution in [0.15, 0.2) is 36.5 Å². The van der Waals surface area contributed by atoms with Crippen LogP contribution in [0, 0.1) is 0 Å². The van der Waals surface area contributed by atoms with Crippen LogP contribution in [0.1, 0.15) is 43.0 Å². The van der Waals surface area contributed by atoms with E-state index in [0.29, 0.717) is 6.04 Å². The molecule has 1 amide bonds. The van der Waals surface area contributed by atoms with E-state index < -0.39 is 0 Å². The van der Waals surface area contributed by atoms with Gasteiger partial charge in [-0.15, -0.1) is 0 Å². The summed E-state index contributed by atoms with van der Waals surface area (Å²) < 4.78 is 0. The molecule has 104 valence electrons. The number of amides is 1. The van der Waals surface area contributed by atoms with Gasteiger partial charge in [0.25, 0.3) is 5.91 Å². The maximum absolute atomic E-state index is 12.9. The molecule has 3 nitrogen and oxygen atoms in total. The lowest BCUT2D eigenvalue weighted by atomic mass is 9.98. The van der Waals surface area contributed by atoms with Crippen molar-refractivity contribution in [2.45, 2.75) is 38.6 Å². The van der Waals surface area contributed by atoms with E-state index in [1.165, 1.54) is 6.42 Å². The number of para-hydroxylation sites is 1. The Morgan fingerprint density at radius 2 is 2.15 bits per heavy atom. The van der Waals surface area contributed by atoms with Crippen LogP contribution in [0.2, 0.25) is 0 Å². The van der Waals surface area contributed by atoms with Gasteiger partial charge in [-0.2, -0.15) is 0 Å². The van der Waals surface area contributed by atoms with Crippen molar-refractivity contribution >= 4 is 16.8 Å². The second-order valence-corrected chi connectivity index (χ2v) is 5.43. The van der Waals surface area contributed by atoms with Gasteiger partial charge in [-0.05, 0) is 37.8 Å². The molecule has 0 aliphatic carbocycles. The topological polar surface area (TPSA) is 33.2 Å². The van der Waals surface area contributed by atoms with Gasteiger partial charge < -0.3 is 4.90 Å². The predicted molar refractivity (Wildman–Crippen MR) is 80.7 cm³/mol. The molecular weight excluding hydrogens is 248 g/mol. The molecule has 1 aromatic heterocycles. The fraction of sp³-hybridized carbons (Fsp3) is 0.412. The Morgan fingerprint density at radius 3 is 3.00 bits per heavy atom. The maximum Gasteiger partial charge on any atom is 0.254 e. The van der Waals surface area contributed by atoms with Crippen molar-refractivity contribution in [3.05, 3.63) is 42.1 Å². The van der Waals surface area contributed by atoms with Crippen molar-refractivity contribution in [1.29, 1.82) is 0 Å². The van der Waals surface area contributed by atoms with E-state index in [4.69, 9.17) is 0 Å². The Morgan fingerprint density at radius 1 is 1.30 bits per heavy atom. The summed E-state index contributed by atoms with van der Waals surface area (Å²) in [6.45, 7) is 3.05. The Balaban J connectivity index is 1.99. The highest BCUT2D eigenvalue weighted by molar-refractivity contribution is 6.06. The number of pyridine rings is 1. The molecule has 0 bridgehead atoms. The summed E-state index contributed by atoms with van der Waals surface area (Å²) in [7, 11) is 0. The lowest BCUT2D eigenvalue weighted by molar-refractivity contribution is 0.0610. The third-order valence-electron chi connectivity index (χ3n) is 4.24. The Labute approximate surface area is 119 Å². The monoisotopic (exact) mass is 268 g/mol. The first-order valence-electron chi connectivity index (χ1n) is 7.46. The number of fused-ring (bicyclic) bond motifs is 1. The fourth-order valence-corrected chi connectivity index (χ4v) is 3.13. The van der Waals surface area contributed by atoms with Crippen LogP contribution in [0.25, 0.3) is 10.9 Å². The molecule has 3 heteroatoms. The number of aromatic nitrogens is 1. The van der Waals surface area contributed by atoms with Gasteiger partial charge in [0.15, 0.2) is 0 Å². The number of piperidine rings is 1. The predicted octanol–water partition coefficient (Wildman–Crippen LogP) is 3.64. The van der Waals surface area contributed by atoms with Gasteiger partial charge in [0.2, 0.25) is 0 Å². The number of likely N-dealkylation sites (tertiary alicyclic amines) is 1. The molecule has 20 heavy (non-hydrogen) atoms. The summed E-state index contributed by atoms with van der Waals surface area (Å²) >= 11 is 0. The molecule has 0 unspecified atom stereocenters. The van der Waals surface area contributed by atoms with E-state index in [0.717, 1.165) is 42.3 Å². The molecule has 0 N–H and O–H groups in total. The lowest BCUT2D eigenvalue weighted by Crippen LogP contribution is -2.43. The smallest absolute Gasteiger partial charge is 0.254 e. The Bertz CT molecular complexity index is 618. The third kappa shape index (κ3) is 2.28. The van der Waals surface area contributed by atoms with Gasteiger partial charge in [-0.25, -0.2) is 0 Å². The zero-order valence-electron chi connectivity index (χ0n) is 11.9. The number of hydrogen-bond acceptors (Lipinski definition) is 2. The summed E-state index contributed by atoms with van der Waals surface area (Å²) in [6.07, 6.45) is 6.26. The van der Waals surface area contributed by atoms with Crippen LogP contribution >= 0.6 is 0 Å². The van der Waals surface area contributed by atoms with Gasteiger partial charge in [0.1, 0.15) is 0 Å². The first kappa shape index (κ1) is 13.1. The first-order valence-corrected chi connectivity index (χ1v) is 7.46. The lowest BCUT2D eigenvalue weighted by Gasteiger charge is -2.35. The molecule has 1 atom stereocenters. The van der Waals surface area contributed by atoms with Crippen molar-refractivity contribution in [2.24, 2.45) is 0 Å². The number of benzene rings is 1. The Hall–Kier alpha value is -1.90.